The molecule has 1 aliphatic carbocycles. The van der Waals surface area contributed by atoms with E-state index in [0.29, 0.717) is 11.6 Å². The summed E-state index contributed by atoms with van der Waals surface area (Å²) in [7, 11) is 1.52. The Morgan fingerprint density at radius 3 is 2.43 bits per heavy atom. The molecule has 7 nitrogen and oxygen atoms in total. The van der Waals surface area contributed by atoms with Crippen molar-refractivity contribution in [3.8, 4) is 0 Å². The van der Waals surface area contributed by atoms with Gasteiger partial charge < -0.3 is 9.64 Å². The van der Waals surface area contributed by atoms with Gasteiger partial charge in [0.2, 0.25) is 0 Å². The number of nitro benzene ring substituents is 1. The minimum Gasteiger partial charge on any atom is -0.455 e. The van der Waals surface area contributed by atoms with Gasteiger partial charge in [-0.2, -0.15) is 0 Å². The van der Waals surface area contributed by atoms with Gasteiger partial charge in [-0.3, -0.25) is 19.7 Å². The first-order valence-electron chi connectivity index (χ1n) is 6.58. The molecular weight excluding hydrogens is 276 g/mol. The highest BCUT2D eigenvalue weighted by Crippen LogP contribution is 2.38. The van der Waals surface area contributed by atoms with Crippen molar-refractivity contribution in [1.82, 2.24) is 0 Å². The molecule has 0 unspecified atom stereocenters. The molecule has 7 heteroatoms. The van der Waals surface area contributed by atoms with Crippen LogP contribution in [-0.4, -0.2) is 30.5 Å². The summed E-state index contributed by atoms with van der Waals surface area (Å²) in [4.78, 5) is 34.8. The van der Waals surface area contributed by atoms with Crippen LogP contribution in [0.5, 0.6) is 0 Å². The molecule has 0 heterocycles. The van der Waals surface area contributed by atoms with E-state index in [2.05, 4.69) is 0 Å². The fourth-order valence-electron chi connectivity index (χ4n) is 1.93. The summed E-state index contributed by atoms with van der Waals surface area (Å²) < 4.78 is 4.96. The molecule has 0 radical (unpaired) electrons. The third kappa shape index (κ3) is 3.56. The zero-order chi connectivity index (χ0) is 15.6. The molecule has 0 saturated heterocycles. The number of esters is 1. The monoisotopic (exact) mass is 292 g/mol. The zero-order valence-corrected chi connectivity index (χ0v) is 11.8. The van der Waals surface area contributed by atoms with Crippen molar-refractivity contribution in [2.75, 3.05) is 18.6 Å². The number of non-ortho nitro benzene ring substituents is 1. The molecule has 2 rings (SSSR count). The second-order valence-corrected chi connectivity index (χ2v) is 5.15. The van der Waals surface area contributed by atoms with E-state index in [-0.39, 0.29) is 30.1 Å². The van der Waals surface area contributed by atoms with Gasteiger partial charge in [0, 0.05) is 24.9 Å². The third-order valence-corrected chi connectivity index (χ3v) is 3.57. The number of benzene rings is 1. The number of ether oxygens (including phenoxy) is 1. The number of nitrogens with zero attached hydrogens (tertiary/aromatic N) is 2. The Balaban J connectivity index is 1.89. The maximum absolute atomic E-state index is 11.9. The molecule has 112 valence electrons. The molecule has 1 amide bonds. The van der Waals surface area contributed by atoms with E-state index in [1.807, 2.05) is 6.92 Å². The molecule has 0 aliphatic heterocycles. The Kier molecular flexibility index (Phi) is 4.21. The normalized spacial score (nSPS) is 19.7. The molecule has 1 fully saturated rings. The number of nitro groups is 1. The van der Waals surface area contributed by atoms with Gasteiger partial charge >= 0.3 is 5.97 Å². The molecule has 1 aliphatic rings. The molecule has 0 aromatic heterocycles. The summed E-state index contributed by atoms with van der Waals surface area (Å²) in [5, 5.41) is 10.6. The van der Waals surface area contributed by atoms with Crippen molar-refractivity contribution in [2.24, 2.45) is 11.8 Å². The maximum Gasteiger partial charge on any atom is 0.309 e. The molecular formula is C14H16N2O5. The number of anilines is 1. The zero-order valence-electron chi connectivity index (χ0n) is 11.8. The van der Waals surface area contributed by atoms with Gasteiger partial charge in [-0.25, -0.2) is 0 Å². The Morgan fingerprint density at radius 1 is 1.38 bits per heavy atom. The first-order valence-corrected chi connectivity index (χ1v) is 6.58. The van der Waals surface area contributed by atoms with E-state index in [9.17, 15) is 19.7 Å². The highest BCUT2D eigenvalue weighted by atomic mass is 16.6. The quantitative estimate of drug-likeness (QED) is 0.468. The van der Waals surface area contributed by atoms with Gasteiger partial charge in [-0.15, -0.1) is 0 Å². The second kappa shape index (κ2) is 5.90. The standard InChI is InChI=1S/C14H16N2O5/c1-9-7-12(9)14(18)21-8-13(17)15(2)10-3-5-11(6-4-10)16(19)20/h3-6,9,12H,7-8H2,1-2H3/t9-,12+/m1/s1. The van der Waals surface area contributed by atoms with Crippen LogP contribution in [0.4, 0.5) is 11.4 Å². The van der Waals surface area contributed by atoms with Crippen molar-refractivity contribution >= 4 is 23.3 Å². The second-order valence-electron chi connectivity index (χ2n) is 5.15. The van der Waals surface area contributed by atoms with E-state index in [4.69, 9.17) is 4.74 Å². The lowest BCUT2D eigenvalue weighted by Gasteiger charge is -2.17. The molecule has 0 bridgehead atoms. The van der Waals surface area contributed by atoms with E-state index in [1.165, 1.54) is 36.2 Å². The number of rotatable bonds is 5. The Morgan fingerprint density at radius 2 is 1.95 bits per heavy atom. The van der Waals surface area contributed by atoms with E-state index in [0.717, 1.165) is 6.42 Å². The fourth-order valence-corrected chi connectivity index (χ4v) is 1.93. The molecule has 0 N–H and O–H groups in total. The van der Waals surface area contributed by atoms with Crippen LogP contribution in [0.1, 0.15) is 13.3 Å². The van der Waals surface area contributed by atoms with Gasteiger partial charge in [0.25, 0.3) is 11.6 Å². The smallest absolute Gasteiger partial charge is 0.309 e. The molecule has 21 heavy (non-hydrogen) atoms. The number of hydrogen-bond donors (Lipinski definition) is 0. The van der Waals surface area contributed by atoms with Gasteiger partial charge in [0.05, 0.1) is 10.8 Å². The Hall–Kier alpha value is -2.44. The van der Waals surface area contributed by atoms with Crippen molar-refractivity contribution in [3.63, 3.8) is 0 Å². The number of likely N-dealkylation sites (N-methyl/N-ethyl adjacent to an activating group) is 1. The van der Waals surface area contributed by atoms with Gasteiger partial charge in [-0.05, 0) is 24.5 Å². The fraction of sp³-hybridized carbons (Fsp3) is 0.429. The minimum atomic E-state index is -0.510. The van der Waals surface area contributed by atoms with Crippen molar-refractivity contribution < 1.29 is 19.2 Å². The minimum absolute atomic E-state index is 0.0475. The summed E-state index contributed by atoms with van der Waals surface area (Å²) in [6, 6.07) is 5.58. The van der Waals surface area contributed by atoms with Gasteiger partial charge in [-0.1, -0.05) is 6.92 Å². The topological polar surface area (TPSA) is 89.8 Å². The van der Waals surface area contributed by atoms with Crippen LogP contribution in [0.3, 0.4) is 0 Å². The summed E-state index contributed by atoms with van der Waals surface area (Å²) in [5.41, 5.74) is 0.454. The largest absolute Gasteiger partial charge is 0.455 e. The van der Waals surface area contributed by atoms with Crippen molar-refractivity contribution in [1.29, 1.82) is 0 Å². The van der Waals surface area contributed by atoms with Crippen LogP contribution >= 0.6 is 0 Å². The van der Waals surface area contributed by atoms with E-state index >= 15 is 0 Å². The lowest BCUT2D eigenvalue weighted by molar-refractivity contribution is -0.384. The number of carbonyl (C=O) groups is 2. The van der Waals surface area contributed by atoms with Crippen molar-refractivity contribution in [2.45, 2.75) is 13.3 Å². The third-order valence-electron chi connectivity index (χ3n) is 3.57. The van der Waals surface area contributed by atoms with Crippen LogP contribution in [0, 0.1) is 22.0 Å². The lowest BCUT2D eigenvalue weighted by Crippen LogP contribution is -2.31. The predicted octanol–water partition coefficient (Wildman–Crippen LogP) is 1.76. The molecule has 2 atom stereocenters. The van der Waals surface area contributed by atoms with Gasteiger partial charge in [0.1, 0.15) is 0 Å². The Bertz CT molecular complexity index is 569. The van der Waals surface area contributed by atoms with E-state index < -0.39 is 4.92 Å². The summed E-state index contributed by atoms with van der Waals surface area (Å²) in [6.07, 6.45) is 0.811. The molecule has 1 aromatic carbocycles. The summed E-state index contributed by atoms with van der Waals surface area (Å²) in [5.74, 6) is -0.471. The highest BCUT2D eigenvalue weighted by molar-refractivity contribution is 5.95. The van der Waals surface area contributed by atoms with E-state index in [1.54, 1.807) is 0 Å². The first kappa shape index (κ1) is 15.0. The summed E-state index contributed by atoms with van der Waals surface area (Å²) in [6.45, 7) is 1.63. The average molecular weight is 292 g/mol. The van der Waals surface area contributed by atoms with Crippen LogP contribution in [0.15, 0.2) is 24.3 Å². The number of amides is 1. The average Bonchev–Trinajstić information content (AvgIpc) is 3.20. The number of hydrogen-bond acceptors (Lipinski definition) is 5. The lowest BCUT2D eigenvalue weighted by atomic mass is 10.2. The SMILES string of the molecule is C[C@@H]1C[C@@H]1C(=O)OCC(=O)N(C)c1ccc([N+](=O)[O-])cc1. The number of carbonyl (C=O) groups excluding carboxylic acids is 2. The molecule has 1 saturated carbocycles. The van der Waals surface area contributed by atoms with Gasteiger partial charge in [0.15, 0.2) is 6.61 Å². The summed E-state index contributed by atoms with van der Waals surface area (Å²) >= 11 is 0. The van der Waals surface area contributed by atoms with Crippen LogP contribution < -0.4 is 4.90 Å². The maximum atomic E-state index is 11.9. The highest BCUT2D eigenvalue weighted by Gasteiger charge is 2.40. The Labute approximate surface area is 121 Å². The first-order chi connectivity index (χ1) is 9.90. The van der Waals surface area contributed by atoms with Crippen molar-refractivity contribution in [3.05, 3.63) is 34.4 Å². The van der Waals surface area contributed by atoms with Crippen LogP contribution in [0.25, 0.3) is 0 Å². The predicted molar refractivity (Wildman–Crippen MR) is 74.7 cm³/mol. The molecule has 0 spiro atoms. The van der Waals surface area contributed by atoms with Crippen LogP contribution in [-0.2, 0) is 14.3 Å². The molecule has 1 aromatic rings. The van der Waals surface area contributed by atoms with Crippen LogP contribution in [0.2, 0.25) is 0 Å².